The van der Waals surface area contributed by atoms with Gasteiger partial charge in [0.05, 0.1) is 0 Å². The first-order valence-electron chi connectivity index (χ1n) is 6.69. The molecule has 2 N–H and O–H groups in total. The smallest absolute Gasteiger partial charge is 0.242 e. The number of nitrogens with one attached hydrogen (secondary N) is 2. The Morgan fingerprint density at radius 1 is 1.30 bits per heavy atom. The highest BCUT2D eigenvalue weighted by molar-refractivity contribution is 5.87. The first kappa shape index (κ1) is 16.1. The number of hydrogen-bond donors (Lipinski definition) is 2. The van der Waals surface area contributed by atoms with Crippen molar-refractivity contribution < 1.29 is 14.0 Å². The molecule has 1 rings (SSSR count). The van der Waals surface area contributed by atoms with Gasteiger partial charge in [0, 0.05) is 13.5 Å². The molecule has 1 unspecified atom stereocenters. The molecular weight excluding hydrogens is 259 g/mol. The zero-order valence-corrected chi connectivity index (χ0v) is 12.1. The van der Waals surface area contributed by atoms with E-state index in [0.717, 1.165) is 5.56 Å². The largest absolute Gasteiger partial charge is 0.354 e. The molecule has 0 saturated carbocycles. The maximum Gasteiger partial charge on any atom is 0.242 e. The fourth-order valence-electron chi connectivity index (χ4n) is 1.89. The van der Waals surface area contributed by atoms with Crippen LogP contribution in [0.15, 0.2) is 24.3 Å². The summed E-state index contributed by atoms with van der Waals surface area (Å²) in [5.41, 5.74) is 0.825. The minimum absolute atomic E-state index is 0.00747. The second-order valence-corrected chi connectivity index (χ2v) is 5.09. The summed E-state index contributed by atoms with van der Waals surface area (Å²) in [5, 5.41) is 5.39. The quantitative estimate of drug-likeness (QED) is 0.832. The third-order valence-corrected chi connectivity index (χ3v) is 2.91. The van der Waals surface area contributed by atoms with Crippen molar-refractivity contribution in [3.63, 3.8) is 0 Å². The highest BCUT2D eigenvalue weighted by Gasteiger charge is 2.22. The summed E-state index contributed by atoms with van der Waals surface area (Å²) in [5.74, 6) is -0.726. The molecular formula is C15H21FN2O2. The van der Waals surface area contributed by atoms with Gasteiger partial charge in [0.1, 0.15) is 11.9 Å². The van der Waals surface area contributed by atoms with Crippen molar-refractivity contribution >= 4 is 11.8 Å². The predicted molar refractivity (Wildman–Crippen MR) is 75.6 cm³/mol. The van der Waals surface area contributed by atoms with Gasteiger partial charge in [0.2, 0.25) is 11.8 Å². The molecule has 4 nitrogen and oxygen atoms in total. The van der Waals surface area contributed by atoms with Gasteiger partial charge in [-0.2, -0.15) is 0 Å². The first-order valence-corrected chi connectivity index (χ1v) is 6.69. The van der Waals surface area contributed by atoms with Crippen molar-refractivity contribution in [3.05, 3.63) is 35.6 Å². The van der Waals surface area contributed by atoms with E-state index in [4.69, 9.17) is 0 Å². The van der Waals surface area contributed by atoms with E-state index in [1.165, 1.54) is 19.1 Å². The third kappa shape index (κ3) is 5.38. The Balaban J connectivity index is 2.47. The number of rotatable bonds is 6. The number of benzene rings is 1. The predicted octanol–water partition coefficient (Wildman–Crippen LogP) is 1.65. The summed E-state index contributed by atoms with van der Waals surface area (Å²) in [6.07, 6.45) is 0.550. The number of amides is 2. The van der Waals surface area contributed by atoms with Crippen LogP contribution < -0.4 is 10.6 Å². The van der Waals surface area contributed by atoms with Crippen LogP contribution in [-0.2, 0) is 16.0 Å². The van der Waals surface area contributed by atoms with Crippen LogP contribution in [0.25, 0.3) is 0 Å². The maximum atomic E-state index is 13.0. The van der Waals surface area contributed by atoms with Crippen LogP contribution >= 0.6 is 0 Å². The molecule has 0 aliphatic rings. The molecule has 0 aromatic heterocycles. The van der Waals surface area contributed by atoms with E-state index in [1.807, 2.05) is 19.9 Å². The average molecular weight is 280 g/mol. The molecule has 0 heterocycles. The van der Waals surface area contributed by atoms with Gasteiger partial charge < -0.3 is 10.6 Å². The molecule has 1 atom stereocenters. The summed E-state index contributed by atoms with van der Waals surface area (Å²) >= 11 is 0. The third-order valence-electron chi connectivity index (χ3n) is 2.91. The van der Waals surface area contributed by atoms with Crippen LogP contribution in [0, 0.1) is 11.7 Å². The monoisotopic (exact) mass is 280 g/mol. The van der Waals surface area contributed by atoms with Crippen molar-refractivity contribution in [1.29, 1.82) is 0 Å². The summed E-state index contributed by atoms with van der Waals surface area (Å²) < 4.78 is 13.0. The standard InChI is InChI=1S/C15H21FN2O2/c1-10(2)14(18-11(3)19)15(20)17-8-7-12-5-4-6-13(16)9-12/h4-6,9-10,14H,7-8H2,1-3H3,(H,17,20)(H,18,19). The van der Waals surface area contributed by atoms with Crippen LogP contribution in [0.5, 0.6) is 0 Å². The van der Waals surface area contributed by atoms with Crippen molar-refractivity contribution in [2.75, 3.05) is 6.54 Å². The van der Waals surface area contributed by atoms with Gasteiger partial charge in [0.25, 0.3) is 0 Å². The van der Waals surface area contributed by atoms with Gasteiger partial charge in [-0.05, 0) is 30.0 Å². The Morgan fingerprint density at radius 2 is 2.00 bits per heavy atom. The van der Waals surface area contributed by atoms with Gasteiger partial charge in [-0.25, -0.2) is 4.39 Å². The molecule has 0 bridgehead atoms. The van der Waals surface area contributed by atoms with Gasteiger partial charge in [-0.1, -0.05) is 26.0 Å². The second-order valence-electron chi connectivity index (χ2n) is 5.09. The van der Waals surface area contributed by atoms with Crippen LogP contribution in [0.2, 0.25) is 0 Å². The Bertz CT molecular complexity index is 475. The lowest BCUT2D eigenvalue weighted by Gasteiger charge is -2.20. The van der Waals surface area contributed by atoms with E-state index < -0.39 is 6.04 Å². The van der Waals surface area contributed by atoms with Crippen LogP contribution in [0.1, 0.15) is 26.3 Å². The molecule has 1 aromatic carbocycles. The summed E-state index contributed by atoms with van der Waals surface area (Å²) in [4.78, 5) is 23.0. The van der Waals surface area contributed by atoms with Crippen molar-refractivity contribution in [2.45, 2.75) is 33.2 Å². The summed E-state index contributed by atoms with van der Waals surface area (Å²) in [6, 6.07) is 5.73. The van der Waals surface area contributed by atoms with Gasteiger partial charge in [-0.15, -0.1) is 0 Å². The fraction of sp³-hybridized carbons (Fsp3) is 0.467. The normalized spacial score (nSPS) is 12.1. The number of halogens is 1. The fourth-order valence-corrected chi connectivity index (χ4v) is 1.89. The molecule has 0 radical (unpaired) electrons. The van der Waals surface area contributed by atoms with Crippen molar-refractivity contribution in [2.24, 2.45) is 5.92 Å². The molecule has 0 spiro atoms. The second kappa shape index (κ2) is 7.62. The lowest BCUT2D eigenvalue weighted by atomic mass is 10.0. The average Bonchev–Trinajstić information content (AvgIpc) is 2.35. The van der Waals surface area contributed by atoms with E-state index in [-0.39, 0.29) is 23.5 Å². The SMILES string of the molecule is CC(=O)NC(C(=O)NCCc1cccc(F)c1)C(C)C. The molecule has 0 aliphatic carbocycles. The van der Waals surface area contributed by atoms with Crippen LogP contribution in [0.3, 0.4) is 0 Å². The van der Waals surface area contributed by atoms with Crippen molar-refractivity contribution in [1.82, 2.24) is 10.6 Å². The van der Waals surface area contributed by atoms with E-state index >= 15 is 0 Å². The molecule has 2 amide bonds. The lowest BCUT2D eigenvalue weighted by molar-refractivity contribution is -0.129. The molecule has 20 heavy (non-hydrogen) atoms. The van der Waals surface area contributed by atoms with Gasteiger partial charge in [0.15, 0.2) is 0 Å². The number of carbonyl (C=O) groups excluding carboxylic acids is 2. The number of carbonyl (C=O) groups is 2. The first-order chi connectivity index (χ1) is 9.40. The Morgan fingerprint density at radius 3 is 2.55 bits per heavy atom. The molecule has 0 saturated heterocycles. The molecule has 5 heteroatoms. The zero-order valence-electron chi connectivity index (χ0n) is 12.1. The van der Waals surface area contributed by atoms with Crippen LogP contribution in [-0.4, -0.2) is 24.4 Å². The summed E-state index contributed by atoms with van der Waals surface area (Å²) in [7, 11) is 0. The topological polar surface area (TPSA) is 58.2 Å². The maximum absolute atomic E-state index is 13.0. The van der Waals surface area contributed by atoms with E-state index in [2.05, 4.69) is 10.6 Å². The molecule has 0 fully saturated rings. The summed E-state index contributed by atoms with van der Waals surface area (Å²) in [6.45, 7) is 5.53. The highest BCUT2D eigenvalue weighted by Crippen LogP contribution is 2.04. The molecule has 0 aliphatic heterocycles. The van der Waals surface area contributed by atoms with E-state index in [9.17, 15) is 14.0 Å². The Hall–Kier alpha value is -1.91. The van der Waals surface area contributed by atoms with Gasteiger partial charge in [-0.3, -0.25) is 9.59 Å². The van der Waals surface area contributed by atoms with E-state index in [0.29, 0.717) is 13.0 Å². The van der Waals surface area contributed by atoms with Crippen LogP contribution in [0.4, 0.5) is 4.39 Å². The Kier molecular flexibility index (Phi) is 6.15. The number of hydrogen-bond acceptors (Lipinski definition) is 2. The molecule has 110 valence electrons. The zero-order chi connectivity index (χ0) is 15.1. The Labute approximate surface area is 118 Å². The van der Waals surface area contributed by atoms with E-state index in [1.54, 1.807) is 6.07 Å². The lowest BCUT2D eigenvalue weighted by Crippen LogP contribution is -2.49. The van der Waals surface area contributed by atoms with Gasteiger partial charge >= 0.3 is 0 Å². The minimum Gasteiger partial charge on any atom is -0.354 e. The molecule has 1 aromatic rings. The van der Waals surface area contributed by atoms with Crippen molar-refractivity contribution in [3.8, 4) is 0 Å². The minimum atomic E-state index is -0.542. The highest BCUT2D eigenvalue weighted by atomic mass is 19.1.